The summed E-state index contributed by atoms with van der Waals surface area (Å²) in [6.07, 6.45) is 3.32. The van der Waals surface area contributed by atoms with Gasteiger partial charge in [-0.2, -0.15) is 0 Å². The van der Waals surface area contributed by atoms with Crippen molar-refractivity contribution in [3.63, 3.8) is 0 Å². The molecule has 1 aromatic carbocycles. The Hall–Kier alpha value is -3.82. The largest absolute Gasteiger partial charge is 0.467 e. The summed E-state index contributed by atoms with van der Waals surface area (Å²) in [5.41, 5.74) is 1.85. The van der Waals surface area contributed by atoms with Crippen molar-refractivity contribution in [1.82, 2.24) is 20.2 Å². The van der Waals surface area contributed by atoms with Gasteiger partial charge >= 0.3 is 6.01 Å². The fourth-order valence-electron chi connectivity index (χ4n) is 3.41. The number of nitrogens with zero attached hydrogens (tertiary/aromatic N) is 3. The van der Waals surface area contributed by atoms with Gasteiger partial charge in [-0.3, -0.25) is 24.5 Å². The molecule has 0 aliphatic carbocycles. The Bertz CT molecular complexity index is 1020. The summed E-state index contributed by atoms with van der Waals surface area (Å²) in [5.74, 6) is -1.48. The van der Waals surface area contributed by atoms with E-state index in [1.165, 1.54) is 24.4 Å². The molecule has 3 heterocycles. The average Bonchev–Trinajstić information content (AvgIpc) is 3.04. The minimum atomic E-state index is -0.693. The number of imide groups is 1. The van der Waals surface area contributed by atoms with Crippen molar-refractivity contribution in [2.24, 2.45) is 0 Å². The van der Waals surface area contributed by atoms with E-state index in [9.17, 15) is 19.2 Å². The van der Waals surface area contributed by atoms with Gasteiger partial charge in [0.05, 0.1) is 25.2 Å². The molecule has 10 heteroatoms. The van der Waals surface area contributed by atoms with Gasteiger partial charge in [-0.15, -0.1) is 0 Å². The van der Waals surface area contributed by atoms with Crippen molar-refractivity contribution < 1.29 is 23.9 Å². The van der Waals surface area contributed by atoms with E-state index in [1.54, 1.807) is 18.2 Å². The van der Waals surface area contributed by atoms with E-state index in [0.29, 0.717) is 22.4 Å². The topological polar surface area (TPSA) is 131 Å². The lowest BCUT2D eigenvalue weighted by atomic mass is 10.0. The average molecular weight is 395 g/mol. The first-order valence-corrected chi connectivity index (χ1v) is 8.91. The number of benzene rings is 1. The molecule has 10 nitrogen and oxygen atoms in total. The second-order valence-electron chi connectivity index (χ2n) is 6.68. The Balaban J connectivity index is 1.50. The Morgan fingerprint density at radius 3 is 2.69 bits per heavy atom. The highest BCUT2D eigenvalue weighted by atomic mass is 16.5. The van der Waals surface area contributed by atoms with Crippen LogP contribution in [0.3, 0.4) is 0 Å². The maximum absolute atomic E-state index is 12.7. The van der Waals surface area contributed by atoms with Gasteiger partial charge in [0.1, 0.15) is 6.04 Å². The van der Waals surface area contributed by atoms with E-state index >= 15 is 0 Å². The Morgan fingerprint density at radius 1 is 1.24 bits per heavy atom. The molecule has 1 fully saturated rings. The molecule has 0 radical (unpaired) electrons. The maximum Gasteiger partial charge on any atom is 0.316 e. The minimum Gasteiger partial charge on any atom is -0.467 e. The van der Waals surface area contributed by atoms with Crippen LogP contribution in [0, 0.1) is 0 Å². The first-order chi connectivity index (χ1) is 14.0. The maximum atomic E-state index is 12.7. The van der Waals surface area contributed by atoms with Crippen LogP contribution in [-0.4, -0.2) is 51.6 Å². The van der Waals surface area contributed by atoms with E-state index in [2.05, 4.69) is 20.6 Å². The molecule has 1 aromatic heterocycles. The lowest BCUT2D eigenvalue weighted by molar-refractivity contribution is -0.136. The van der Waals surface area contributed by atoms with E-state index in [1.807, 2.05) is 0 Å². The molecule has 2 aliphatic heterocycles. The van der Waals surface area contributed by atoms with Gasteiger partial charge in [-0.1, -0.05) is 0 Å². The smallest absolute Gasteiger partial charge is 0.316 e. The number of carbonyl (C=O) groups is 4. The summed E-state index contributed by atoms with van der Waals surface area (Å²) in [5, 5.41) is 4.94. The van der Waals surface area contributed by atoms with E-state index in [0.717, 1.165) is 0 Å². The number of rotatable bonds is 4. The second-order valence-corrected chi connectivity index (χ2v) is 6.68. The van der Waals surface area contributed by atoms with Crippen LogP contribution < -0.4 is 15.4 Å². The zero-order chi connectivity index (χ0) is 20.5. The molecule has 2 aliphatic rings. The summed E-state index contributed by atoms with van der Waals surface area (Å²) < 4.78 is 4.87. The molecule has 1 unspecified atom stereocenters. The van der Waals surface area contributed by atoms with Crippen LogP contribution in [-0.2, 0) is 16.1 Å². The van der Waals surface area contributed by atoms with Crippen LogP contribution in [0.25, 0.3) is 0 Å². The number of piperidine rings is 1. The van der Waals surface area contributed by atoms with Crippen LogP contribution in [0.2, 0.25) is 0 Å². The molecular formula is C19H17N5O5. The fraction of sp³-hybridized carbons (Fsp3) is 0.263. The first kappa shape index (κ1) is 18.5. The highest BCUT2D eigenvalue weighted by molar-refractivity contribution is 6.07. The summed E-state index contributed by atoms with van der Waals surface area (Å²) in [7, 11) is 1.44. The van der Waals surface area contributed by atoms with Gasteiger partial charge in [0.15, 0.2) is 0 Å². The van der Waals surface area contributed by atoms with Gasteiger partial charge in [0, 0.05) is 24.1 Å². The monoisotopic (exact) mass is 395 g/mol. The predicted octanol–water partition coefficient (Wildman–Crippen LogP) is 0.498. The number of amides is 4. The number of methoxy groups -OCH3 is 1. The summed E-state index contributed by atoms with van der Waals surface area (Å²) in [4.78, 5) is 57.9. The standard InChI is InChI=1S/C19H17N5O5/c1-29-19-20-7-12(8-21-19)22-16(26)10-2-3-13-11(6-10)9-24(18(13)28)14-4-5-15(25)23-17(14)27/h2-3,6-8,14H,4-5,9H2,1H3,(H,22,26)(H,23,25,27). The third-order valence-electron chi connectivity index (χ3n) is 4.85. The molecular weight excluding hydrogens is 378 g/mol. The molecule has 4 amide bonds. The van der Waals surface area contributed by atoms with Gasteiger partial charge in [0.25, 0.3) is 11.8 Å². The van der Waals surface area contributed by atoms with Crippen molar-refractivity contribution in [2.45, 2.75) is 25.4 Å². The van der Waals surface area contributed by atoms with Gasteiger partial charge in [-0.05, 0) is 30.2 Å². The van der Waals surface area contributed by atoms with Crippen molar-refractivity contribution >= 4 is 29.3 Å². The van der Waals surface area contributed by atoms with E-state index in [4.69, 9.17) is 4.74 Å². The highest BCUT2D eigenvalue weighted by Crippen LogP contribution is 2.28. The number of hydrogen-bond acceptors (Lipinski definition) is 7. The predicted molar refractivity (Wildman–Crippen MR) is 99.0 cm³/mol. The highest BCUT2D eigenvalue weighted by Gasteiger charge is 2.39. The van der Waals surface area contributed by atoms with Crippen LogP contribution in [0.15, 0.2) is 30.6 Å². The van der Waals surface area contributed by atoms with Crippen LogP contribution in [0.5, 0.6) is 6.01 Å². The van der Waals surface area contributed by atoms with Crippen LogP contribution >= 0.6 is 0 Å². The fourth-order valence-corrected chi connectivity index (χ4v) is 3.41. The Kier molecular flexibility index (Phi) is 4.67. The number of aromatic nitrogens is 2. The molecule has 1 saturated heterocycles. The number of nitrogens with one attached hydrogen (secondary N) is 2. The number of fused-ring (bicyclic) bond motifs is 1. The molecule has 2 N–H and O–H groups in total. The number of hydrogen-bond donors (Lipinski definition) is 2. The third-order valence-corrected chi connectivity index (χ3v) is 4.85. The zero-order valence-corrected chi connectivity index (χ0v) is 15.5. The molecule has 0 bridgehead atoms. The van der Waals surface area contributed by atoms with Crippen molar-refractivity contribution in [2.75, 3.05) is 12.4 Å². The summed E-state index contributed by atoms with van der Waals surface area (Å²) in [6, 6.07) is 4.24. The Morgan fingerprint density at radius 2 is 2.00 bits per heavy atom. The Labute approximate surface area is 165 Å². The quantitative estimate of drug-likeness (QED) is 0.721. The van der Waals surface area contributed by atoms with Gasteiger partial charge < -0.3 is 15.0 Å². The lowest BCUT2D eigenvalue weighted by Gasteiger charge is -2.29. The summed E-state index contributed by atoms with van der Waals surface area (Å²) >= 11 is 0. The molecule has 1 atom stereocenters. The van der Waals surface area contributed by atoms with Gasteiger partial charge in [-0.25, -0.2) is 9.97 Å². The van der Waals surface area contributed by atoms with E-state index in [-0.39, 0.29) is 43.1 Å². The molecule has 2 aromatic rings. The molecule has 29 heavy (non-hydrogen) atoms. The number of carbonyl (C=O) groups excluding carboxylic acids is 4. The van der Waals surface area contributed by atoms with Crippen molar-refractivity contribution in [3.8, 4) is 6.01 Å². The van der Waals surface area contributed by atoms with Crippen LogP contribution in [0.4, 0.5) is 5.69 Å². The lowest BCUT2D eigenvalue weighted by Crippen LogP contribution is -2.52. The summed E-state index contributed by atoms with van der Waals surface area (Å²) in [6.45, 7) is 0.202. The molecule has 4 rings (SSSR count). The number of anilines is 1. The second kappa shape index (κ2) is 7.30. The van der Waals surface area contributed by atoms with Crippen molar-refractivity contribution in [1.29, 1.82) is 0 Å². The first-order valence-electron chi connectivity index (χ1n) is 8.91. The SMILES string of the molecule is COc1ncc(NC(=O)c2ccc3c(c2)CN(C2CCC(=O)NC2=O)C3=O)cn1. The van der Waals surface area contributed by atoms with E-state index < -0.39 is 11.9 Å². The normalized spacial score (nSPS) is 18.3. The molecule has 148 valence electrons. The minimum absolute atomic E-state index is 0.188. The molecule has 0 saturated carbocycles. The van der Waals surface area contributed by atoms with Gasteiger partial charge in [0.2, 0.25) is 11.8 Å². The zero-order valence-electron chi connectivity index (χ0n) is 15.5. The third kappa shape index (κ3) is 3.51. The van der Waals surface area contributed by atoms with Crippen molar-refractivity contribution in [3.05, 3.63) is 47.3 Å². The number of ether oxygens (including phenoxy) is 1. The molecule has 0 spiro atoms. The van der Waals surface area contributed by atoms with Crippen LogP contribution in [0.1, 0.15) is 39.1 Å².